The van der Waals surface area contributed by atoms with Crippen LogP contribution in [0.3, 0.4) is 0 Å². The number of nitrogens with zero attached hydrogens (tertiary/aromatic N) is 6. The zero-order valence-electron chi connectivity index (χ0n) is 20.2. The van der Waals surface area contributed by atoms with Gasteiger partial charge >= 0.3 is 0 Å². The van der Waals surface area contributed by atoms with Gasteiger partial charge in [0, 0.05) is 43.0 Å². The molecule has 1 spiro atoms. The van der Waals surface area contributed by atoms with Crippen LogP contribution in [-0.4, -0.2) is 42.2 Å². The quantitative estimate of drug-likeness (QED) is 0.491. The summed E-state index contributed by atoms with van der Waals surface area (Å²) in [5.41, 5.74) is 4.86. The molecule has 7 nitrogen and oxygen atoms in total. The van der Waals surface area contributed by atoms with Crippen LogP contribution in [0.5, 0.6) is 0 Å². The van der Waals surface area contributed by atoms with Gasteiger partial charge in [0.2, 0.25) is 5.92 Å². The van der Waals surface area contributed by atoms with E-state index in [1.165, 1.54) is 12.8 Å². The normalized spacial score (nSPS) is 27.7. The Morgan fingerprint density at radius 2 is 1.74 bits per heavy atom. The van der Waals surface area contributed by atoms with Gasteiger partial charge in [0.05, 0.1) is 35.4 Å². The molecule has 0 radical (unpaired) electrons. The number of hydrogen-bond donors (Lipinski definition) is 0. The van der Waals surface area contributed by atoms with E-state index in [0.29, 0.717) is 18.3 Å². The molecule has 4 heterocycles. The number of rotatable bonds is 4. The van der Waals surface area contributed by atoms with E-state index >= 15 is 0 Å². The Bertz CT molecular complexity index is 1300. The second kappa shape index (κ2) is 7.48. The van der Waals surface area contributed by atoms with E-state index < -0.39 is 5.92 Å². The highest BCUT2D eigenvalue weighted by atomic mass is 19.3. The van der Waals surface area contributed by atoms with Gasteiger partial charge in [0.1, 0.15) is 11.3 Å². The second-order valence-corrected chi connectivity index (χ2v) is 11.4. The molecular weight excluding hydrogens is 450 g/mol. The smallest absolute Gasteiger partial charge is 0.249 e. The van der Waals surface area contributed by atoms with Crippen LogP contribution in [-0.2, 0) is 4.74 Å². The molecule has 1 saturated heterocycles. The number of fused-ring (bicyclic) bond motifs is 1. The van der Waals surface area contributed by atoms with Gasteiger partial charge in [-0.2, -0.15) is 5.10 Å². The summed E-state index contributed by atoms with van der Waals surface area (Å²) in [4.78, 5) is 19.5. The standard InChI is InChI=1S/C26H30F2N6O/c1-14-15(2)31-24-22(30-14)21(17-8-25(9-17)12-26(27,28)13-25)32-23(33-24)16-5-6-35-20(7-16)18-10-29-34(11-18)19-3-4-19/h10-11,16-17,19-20H,3-9,12-13H2,1-2H3/t16?,20-/m1/s1. The Morgan fingerprint density at radius 3 is 2.49 bits per heavy atom. The van der Waals surface area contributed by atoms with Crippen LogP contribution in [0.2, 0.25) is 0 Å². The van der Waals surface area contributed by atoms with Crippen LogP contribution in [0.25, 0.3) is 11.2 Å². The first-order valence-electron chi connectivity index (χ1n) is 12.8. The molecule has 3 aromatic heterocycles. The number of ether oxygens (including phenoxy) is 1. The Hall–Kier alpha value is -2.55. The Morgan fingerprint density at radius 1 is 0.971 bits per heavy atom. The zero-order chi connectivity index (χ0) is 23.9. The molecule has 0 N–H and O–H groups in total. The lowest BCUT2D eigenvalue weighted by Crippen LogP contribution is -2.53. The molecule has 3 aromatic rings. The maximum absolute atomic E-state index is 13.6. The van der Waals surface area contributed by atoms with Crippen LogP contribution in [0.1, 0.15) is 104 Å². The fourth-order valence-corrected chi connectivity index (χ4v) is 6.45. The van der Waals surface area contributed by atoms with Crippen LogP contribution in [0, 0.1) is 19.3 Å². The van der Waals surface area contributed by atoms with Crippen molar-refractivity contribution in [3.05, 3.63) is 40.9 Å². The SMILES string of the molecule is Cc1nc2nc(C3CCO[C@@H](c4cnn(C5CC5)c4)C3)nc(C3CC4(C3)CC(F)(F)C4)c2nc1C. The Kier molecular flexibility index (Phi) is 4.64. The number of hydrogen-bond acceptors (Lipinski definition) is 6. The van der Waals surface area contributed by atoms with Gasteiger partial charge < -0.3 is 4.74 Å². The Labute approximate surface area is 202 Å². The molecule has 1 aliphatic heterocycles. The molecule has 0 aromatic carbocycles. The maximum Gasteiger partial charge on any atom is 0.249 e. The predicted octanol–water partition coefficient (Wildman–Crippen LogP) is 5.50. The average Bonchev–Trinajstić information content (AvgIpc) is 3.52. The van der Waals surface area contributed by atoms with Gasteiger partial charge in [-0.25, -0.2) is 28.7 Å². The zero-order valence-corrected chi connectivity index (χ0v) is 20.2. The van der Waals surface area contributed by atoms with E-state index in [1.54, 1.807) is 0 Å². The first-order chi connectivity index (χ1) is 16.8. The minimum atomic E-state index is -2.50. The summed E-state index contributed by atoms with van der Waals surface area (Å²) in [5, 5.41) is 4.54. The fraction of sp³-hybridized carbons (Fsp3) is 0.654. The summed E-state index contributed by atoms with van der Waals surface area (Å²) >= 11 is 0. The van der Waals surface area contributed by atoms with Crippen LogP contribution in [0.15, 0.2) is 12.4 Å². The minimum Gasteiger partial charge on any atom is -0.373 e. The van der Waals surface area contributed by atoms with E-state index in [4.69, 9.17) is 24.7 Å². The highest BCUT2D eigenvalue weighted by Crippen LogP contribution is 2.67. The molecular formula is C26H30F2N6O. The van der Waals surface area contributed by atoms with Crippen molar-refractivity contribution in [2.24, 2.45) is 5.41 Å². The first kappa shape index (κ1) is 21.7. The van der Waals surface area contributed by atoms with Crippen molar-refractivity contribution in [3.8, 4) is 0 Å². The van der Waals surface area contributed by atoms with Crippen LogP contribution < -0.4 is 0 Å². The summed E-state index contributed by atoms with van der Waals surface area (Å²) in [6, 6.07) is 0.543. The third-order valence-corrected chi connectivity index (χ3v) is 8.56. The number of aromatic nitrogens is 6. The fourth-order valence-electron chi connectivity index (χ4n) is 6.45. The summed E-state index contributed by atoms with van der Waals surface area (Å²) in [7, 11) is 0. The summed E-state index contributed by atoms with van der Waals surface area (Å²) < 4.78 is 35.4. The highest BCUT2D eigenvalue weighted by Gasteiger charge is 2.62. The molecule has 0 bridgehead atoms. The molecule has 184 valence electrons. The Balaban J connectivity index is 1.19. The van der Waals surface area contributed by atoms with Gasteiger partial charge in [-0.1, -0.05) is 0 Å². The molecule has 9 heteroatoms. The van der Waals surface area contributed by atoms with E-state index in [0.717, 1.165) is 59.7 Å². The largest absolute Gasteiger partial charge is 0.373 e. The van der Waals surface area contributed by atoms with Gasteiger partial charge in [0.25, 0.3) is 0 Å². The summed E-state index contributed by atoms with van der Waals surface area (Å²) in [6.45, 7) is 4.53. The van der Waals surface area contributed by atoms with E-state index in [1.807, 2.05) is 20.0 Å². The lowest BCUT2D eigenvalue weighted by atomic mass is 9.49. The van der Waals surface area contributed by atoms with Gasteiger partial charge in [-0.05, 0) is 57.8 Å². The molecule has 3 saturated carbocycles. The molecule has 1 unspecified atom stereocenters. The van der Waals surface area contributed by atoms with Crippen molar-refractivity contribution in [1.29, 1.82) is 0 Å². The van der Waals surface area contributed by atoms with Crippen molar-refractivity contribution in [1.82, 2.24) is 29.7 Å². The van der Waals surface area contributed by atoms with Crippen molar-refractivity contribution in [2.45, 2.75) is 95.1 Å². The lowest BCUT2D eigenvalue weighted by molar-refractivity contribution is -0.196. The van der Waals surface area contributed by atoms with Gasteiger partial charge in [-0.15, -0.1) is 0 Å². The van der Waals surface area contributed by atoms with Crippen molar-refractivity contribution < 1.29 is 13.5 Å². The van der Waals surface area contributed by atoms with Gasteiger partial charge in [-0.3, -0.25) is 4.68 Å². The van der Waals surface area contributed by atoms with Crippen molar-refractivity contribution in [3.63, 3.8) is 0 Å². The topological polar surface area (TPSA) is 78.6 Å². The highest BCUT2D eigenvalue weighted by molar-refractivity contribution is 5.74. The molecule has 35 heavy (non-hydrogen) atoms. The van der Waals surface area contributed by atoms with Crippen molar-refractivity contribution >= 4 is 11.2 Å². The molecule has 3 aliphatic carbocycles. The first-order valence-corrected chi connectivity index (χ1v) is 12.8. The lowest BCUT2D eigenvalue weighted by Gasteiger charge is -2.57. The minimum absolute atomic E-state index is 0.00632. The number of halogens is 2. The third kappa shape index (κ3) is 3.74. The van der Waals surface area contributed by atoms with E-state index in [9.17, 15) is 8.78 Å². The predicted molar refractivity (Wildman–Crippen MR) is 124 cm³/mol. The third-order valence-electron chi connectivity index (χ3n) is 8.56. The molecule has 2 atom stereocenters. The monoisotopic (exact) mass is 480 g/mol. The van der Waals surface area contributed by atoms with Crippen LogP contribution >= 0.6 is 0 Å². The van der Waals surface area contributed by atoms with Gasteiger partial charge in [0.15, 0.2) is 5.65 Å². The summed E-state index contributed by atoms with van der Waals surface area (Å²) in [5.74, 6) is -1.43. The van der Waals surface area contributed by atoms with E-state index in [-0.39, 0.29) is 36.2 Å². The second-order valence-electron chi connectivity index (χ2n) is 11.4. The molecule has 0 amide bonds. The maximum atomic E-state index is 13.6. The van der Waals surface area contributed by atoms with Crippen molar-refractivity contribution in [2.75, 3.05) is 6.61 Å². The summed E-state index contributed by atoms with van der Waals surface area (Å²) in [6.07, 6.45) is 9.57. The van der Waals surface area contributed by atoms with E-state index in [2.05, 4.69) is 16.0 Å². The molecule has 4 aliphatic rings. The average molecular weight is 481 g/mol. The van der Waals surface area contributed by atoms with Crippen LogP contribution in [0.4, 0.5) is 8.78 Å². The molecule has 4 fully saturated rings. The number of aryl methyl sites for hydroxylation is 2. The number of alkyl halides is 2. The molecule has 7 rings (SSSR count).